The Labute approximate surface area is 132 Å². The number of unbranched alkanes of at least 4 members (excludes halogenated alkanes) is 1. The van der Waals surface area contributed by atoms with Crippen molar-refractivity contribution in [3.63, 3.8) is 0 Å². The van der Waals surface area contributed by atoms with Crippen molar-refractivity contribution in [2.24, 2.45) is 0 Å². The van der Waals surface area contributed by atoms with Crippen LogP contribution in [0.5, 0.6) is 11.8 Å². The molecule has 22 heavy (non-hydrogen) atoms. The molecule has 4 heteroatoms. The van der Waals surface area contributed by atoms with Crippen LogP contribution in [0.4, 0.5) is 0 Å². The Morgan fingerprint density at radius 2 is 1.82 bits per heavy atom. The molecule has 118 valence electrons. The van der Waals surface area contributed by atoms with Crippen LogP contribution in [0.3, 0.4) is 0 Å². The number of phenolic OH excluding ortho intramolecular Hbond substituents is 1. The Bertz CT molecular complexity index is 570. The highest BCUT2D eigenvalue weighted by Gasteiger charge is 2.11. The lowest BCUT2D eigenvalue weighted by atomic mass is 10.1. The monoisotopic (exact) mass is 300 g/mol. The van der Waals surface area contributed by atoms with Crippen molar-refractivity contribution in [3.05, 3.63) is 36.5 Å². The zero-order chi connectivity index (χ0) is 15.8. The normalized spacial score (nSPS) is 12.1. The number of ether oxygens (including phenoxy) is 1. The van der Waals surface area contributed by atoms with Gasteiger partial charge in [-0.3, -0.25) is 0 Å². The quantitative estimate of drug-likeness (QED) is 0.775. The van der Waals surface area contributed by atoms with E-state index in [1.165, 1.54) is 0 Å². The third-order valence-corrected chi connectivity index (χ3v) is 3.56. The first-order valence-electron chi connectivity index (χ1n) is 8.02. The molecule has 1 heterocycles. The van der Waals surface area contributed by atoms with Gasteiger partial charge in [0.25, 0.3) is 0 Å². The third-order valence-electron chi connectivity index (χ3n) is 3.56. The van der Waals surface area contributed by atoms with Crippen LogP contribution in [0.25, 0.3) is 11.3 Å². The maximum atomic E-state index is 9.36. The highest BCUT2D eigenvalue weighted by molar-refractivity contribution is 5.59. The smallest absolute Gasteiger partial charge is 0.317 e. The number of aromatic nitrogens is 2. The van der Waals surface area contributed by atoms with E-state index in [4.69, 9.17) is 4.74 Å². The second-order valence-electron chi connectivity index (χ2n) is 5.44. The third kappa shape index (κ3) is 4.72. The molecule has 1 N–H and O–H groups in total. The lowest BCUT2D eigenvalue weighted by Gasteiger charge is -2.17. The van der Waals surface area contributed by atoms with E-state index >= 15 is 0 Å². The fraction of sp³-hybridized carbons (Fsp3) is 0.444. The van der Waals surface area contributed by atoms with Crippen LogP contribution in [-0.2, 0) is 0 Å². The van der Waals surface area contributed by atoms with Gasteiger partial charge in [-0.05, 0) is 43.2 Å². The lowest BCUT2D eigenvalue weighted by Crippen LogP contribution is -2.17. The highest BCUT2D eigenvalue weighted by atomic mass is 16.5. The number of benzene rings is 1. The van der Waals surface area contributed by atoms with Crippen molar-refractivity contribution in [1.82, 2.24) is 9.97 Å². The Kier molecular flexibility index (Phi) is 6.19. The van der Waals surface area contributed by atoms with Gasteiger partial charge in [-0.2, -0.15) is 4.98 Å². The van der Waals surface area contributed by atoms with E-state index in [0.717, 1.165) is 43.4 Å². The Hall–Kier alpha value is -2.10. The number of aromatic hydroxyl groups is 1. The molecule has 0 saturated heterocycles. The molecule has 0 spiro atoms. The molecule has 0 aliphatic heterocycles. The van der Waals surface area contributed by atoms with Crippen molar-refractivity contribution in [2.75, 3.05) is 0 Å². The summed E-state index contributed by atoms with van der Waals surface area (Å²) >= 11 is 0. The minimum Gasteiger partial charge on any atom is -0.508 e. The predicted molar refractivity (Wildman–Crippen MR) is 88.0 cm³/mol. The van der Waals surface area contributed by atoms with Crippen molar-refractivity contribution < 1.29 is 9.84 Å². The Morgan fingerprint density at radius 3 is 2.50 bits per heavy atom. The van der Waals surface area contributed by atoms with Crippen LogP contribution in [-0.4, -0.2) is 21.2 Å². The van der Waals surface area contributed by atoms with Gasteiger partial charge < -0.3 is 9.84 Å². The number of hydrogen-bond acceptors (Lipinski definition) is 4. The highest BCUT2D eigenvalue weighted by Crippen LogP contribution is 2.22. The summed E-state index contributed by atoms with van der Waals surface area (Å²) in [4.78, 5) is 8.72. The minimum atomic E-state index is 0.181. The lowest BCUT2D eigenvalue weighted by molar-refractivity contribution is 0.162. The van der Waals surface area contributed by atoms with Crippen LogP contribution >= 0.6 is 0 Å². The number of rotatable bonds is 8. The van der Waals surface area contributed by atoms with Gasteiger partial charge in [0.05, 0.1) is 5.69 Å². The minimum absolute atomic E-state index is 0.181. The van der Waals surface area contributed by atoms with E-state index in [1.807, 2.05) is 18.2 Å². The molecule has 1 atom stereocenters. The number of hydrogen-bond donors (Lipinski definition) is 1. The van der Waals surface area contributed by atoms with Crippen LogP contribution in [0.15, 0.2) is 36.5 Å². The fourth-order valence-corrected chi connectivity index (χ4v) is 2.36. The van der Waals surface area contributed by atoms with Crippen LogP contribution in [0.1, 0.15) is 46.0 Å². The van der Waals surface area contributed by atoms with E-state index < -0.39 is 0 Å². The van der Waals surface area contributed by atoms with E-state index in [0.29, 0.717) is 6.01 Å². The van der Waals surface area contributed by atoms with Gasteiger partial charge in [0, 0.05) is 11.8 Å². The summed E-state index contributed by atoms with van der Waals surface area (Å²) in [7, 11) is 0. The van der Waals surface area contributed by atoms with Crippen molar-refractivity contribution >= 4 is 0 Å². The molecule has 1 unspecified atom stereocenters. The molecule has 0 radical (unpaired) electrons. The predicted octanol–water partition coefficient (Wildman–Crippen LogP) is 4.59. The average Bonchev–Trinajstić information content (AvgIpc) is 2.54. The summed E-state index contributed by atoms with van der Waals surface area (Å²) < 4.78 is 5.97. The summed E-state index contributed by atoms with van der Waals surface area (Å²) in [5, 5.41) is 9.36. The number of nitrogens with zero attached hydrogens (tertiary/aromatic N) is 2. The van der Waals surface area contributed by atoms with E-state index in [9.17, 15) is 5.11 Å². The maximum Gasteiger partial charge on any atom is 0.317 e. The van der Waals surface area contributed by atoms with Gasteiger partial charge >= 0.3 is 6.01 Å². The van der Waals surface area contributed by atoms with Gasteiger partial charge in [-0.25, -0.2) is 4.98 Å². The van der Waals surface area contributed by atoms with Crippen molar-refractivity contribution in [2.45, 2.75) is 52.1 Å². The summed E-state index contributed by atoms with van der Waals surface area (Å²) in [6, 6.07) is 9.25. The van der Waals surface area contributed by atoms with E-state index in [1.54, 1.807) is 18.3 Å². The second kappa shape index (κ2) is 8.37. The molecule has 0 aliphatic carbocycles. The van der Waals surface area contributed by atoms with Crippen LogP contribution in [0.2, 0.25) is 0 Å². The molecule has 0 aliphatic rings. The van der Waals surface area contributed by atoms with Crippen molar-refractivity contribution in [1.29, 1.82) is 0 Å². The molecule has 0 saturated carbocycles. The number of phenols is 1. The van der Waals surface area contributed by atoms with E-state index in [-0.39, 0.29) is 11.9 Å². The zero-order valence-electron chi connectivity index (χ0n) is 13.3. The topological polar surface area (TPSA) is 55.2 Å². The molecule has 4 nitrogen and oxygen atoms in total. The van der Waals surface area contributed by atoms with Gasteiger partial charge in [0.15, 0.2) is 0 Å². The summed E-state index contributed by atoms with van der Waals surface area (Å²) in [6.45, 7) is 4.35. The molecule has 0 fully saturated rings. The van der Waals surface area contributed by atoms with Gasteiger partial charge in [-0.15, -0.1) is 0 Å². The van der Waals surface area contributed by atoms with Gasteiger partial charge in [0.2, 0.25) is 0 Å². The fourth-order valence-electron chi connectivity index (χ4n) is 2.36. The first kappa shape index (κ1) is 16.3. The Morgan fingerprint density at radius 1 is 1.05 bits per heavy atom. The standard InChI is InChI=1S/C18H24N2O2/c1-3-5-7-16(6-4-2)22-18-19-13-12-17(20-18)14-8-10-15(21)11-9-14/h8-13,16,21H,3-7H2,1-2H3. The van der Waals surface area contributed by atoms with Crippen LogP contribution in [0, 0.1) is 0 Å². The van der Waals surface area contributed by atoms with Gasteiger partial charge in [0.1, 0.15) is 11.9 Å². The van der Waals surface area contributed by atoms with Crippen LogP contribution < -0.4 is 4.74 Å². The molecule has 0 bridgehead atoms. The Balaban J connectivity index is 2.11. The molecule has 2 aromatic rings. The summed E-state index contributed by atoms with van der Waals surface area (Å²) in [5.41, 5.74) is 1.74. The second-order valence-corrected chi connectivity index (χ2v) is 5.44. The first-order valence-corrected chi connectivity index (χ1v) is 8.02. The zero-order valence-corrected chi connectivity index (χ0v) is 13.3. The van der Waals surface area contributed by atoms with Gasteiger partial charge in [-0.1, -0.05) is 33.1 Å². The first-order chi connectivity index (χ1) is 10.7. The molecule has 0 amide bonds. The molecule has 1 aromatic heterocycles. The average molecular weight is 300 g/mol. The van der Waals surface area contributed by atoms with E-state index in [2.05, 4.69) is 23.8 Å². The SMILES string of the molecule is CCCCC(CCC)Oc1nccc(-c2ccc(O)cc2)n1. The molecule has 2 rings (SSSR count). The molecule has 1 aromatic carbocycles. The maximum absolute atomic E-state index is 9.36. The largest absolute Gasteiger partial charge is 0.508 e. The molecular weight excluding hydrogens is 276 g/mol. The van der Waals surface area contributed by atoms with Crippen molar-refractivity contribution in [3.8, 4) is 23.0 Å². The summed E-state index contributed by atoms with van der Waals surface area (Å²) in [6.07, 6.45) is 7.36. The molecular formula is C18H24N2O2. The summed E-state index contributed by atoms with van der Waals surface area (Å²) in [5.74, 6) is 0.247.